The molecular weight excluding hydrogens is 256 g/mol. The van der Waals surface area contributed by atoms with Crippen LogP contribution in [0.5, 0.6) is 0 Å². The summed E-state index contributed by atoms with van der Waals surface area (Å²) >= 11 is 0. The number of aliphatic hydroxyl groups is 1. The average Bonchev–Trinajstić information content (AvgIpc) is 3.22. The Morgan fingerprint density at radius 1 is 1.50 bits per heavy atom. The van der Waals surface area contributed by atoms with Crippen LogP contribution in [0.15, 0.2) is 18.2 Å². The van der Waals surface area contributed by atoms with Crippen molar-refractivity contribution in [2.45, 2.75) is 45.2 Å². The quantitative estimate of drug-likeness (QED) is 0.594. The highest BCUT2D eigenvalue weighted by Crippen LogP contribution is 2.35. The third kappa shape index (κ3) is 3.55. The maximum atomic E-state index is 11.0. The molecule has 0 heterocycles. The van der Waals surface area contributed by atoms with E-state index in [2.05, 4.69) is 5.32 Å². The van der Waals surface area contributed by atoms with Crippen molar-refractivity contribution in [2.24, 2.45) is 5.92 Å². The van der Waals surface area contributed by atoms with E-state index in [1.165, 1.54) is 12.8 Å². The fourth-order valence-electron chi connectivity index (χ4n) is 2.60. The van der Waals surface area contributed by atoms with E-state index in [-0.39, 0.29) is 23.3 Å². The van der Waals surface area contributed by atoms with E-state index in [4.69, 9.17) is 5.11 Å². The summed E-state index contributed by atoms with van der Waals surface area (Å²) < 4.78 is 0. The van der Waals surface area contributed by atoms with Crippen LogP contribution in [0, 0.1) is 23.0 Å². The third-order valence-corrected chi connectivity index (χ3v) is 4.03. The highest BCUT2D eigenvalue weighted by molar-refractivity contribution is 5.43. The lowest BCUT2D eigenvalue weighted by atomic mass is 10.0. The van der Waals surface area contributed by atoms with Crippen molar-refractivity contribution in [3.8, 4) is 0 Å². The standard InChI is InChI=1S/C15H22N2O3/c1-10-3-4-13(9-15(10)17(19)20)11(2)16-14(7-8-18)12-5-6-12/h3-4,9,11-12,14,16,18H,5-8H2,1-2H3. The van der Waals surface area contributed by atoms with Gasteiger partial charge in [-0.2, -0.15) is 0 Å². The Balaban J connectivity index is 2.09. The summed E-state index contributed by atoms with van der Waals surface area (Å²) in [5, 5.41) is 23.6. The number of rotatable bonds is 7. The minimum atomic E-state index is -0.336. The minimum Gasteiger partial charge on any atom is -0.396 e. The van der Waals surface area contributed by atoms with Gasteiger partial charge in [0, 0.05) is 30.3 Å². The van der Waals surface area contributed by atoms with Gasteiger partial charge in [0.25, 0.3) is 5.69 Å². The first-order valence-corrected chi connectivity index (χ1v) is 7.14. The SMILES string of the molecule is Cc1ccc(C(C)NC(CCO)C2CC2)cc1[N+](=O)[O-]. The normalized spacial score (nSPS) is 17.8. The molecule has 2 atom stereocenters. The van der Waals surface area contributed by atoms with Crippen LogP contribution in [-0.4, -0.2) is 22.7 Å². The van der Waals surface area contributed by atoms with Gasteiger partial charge in [-0.1, -0.05) is 12.1 Å². The largest absolute Gasteiger partial charge is 0.396 e. The molecule has 2 rings (SSSR count). The molecule has 0 aromatic heterocycles. The molecule has 1 aliphatic rings. The van der Waals surface area contributed by atoms with Gasteiger partial charge >= 0.3 is 0 Å². The lowest BCUT2D eigenvalue weighted by Crippen LogP contribution is -2.34. The Morgan fingerprint density at radius 2 is 2.20 bits per heavy atom. The molecule has 20 heavy (non-hydrogen) atoms. The van der Waals surface area contributed by atoms with Gasteiger partial charge in [0.1, 0.15) is 0 Å². The van der Waals surface area contributed by atoms with Crippen molar-refractivity contribution in [2.75, 3.05) is 6.61 Å². The maximum Gasteiger partial charge on any atom is 0.272 e. The third-order valence-electron chi connectivity index (χ3n) is 4.03. The molecule has 0 spiro atoms. The van der Waals surface area contributed by atoms with Gasteiger partial charge in [0.05, 0.1) is 4.92 Å². The summed E-state index contributed by atoms with van der Waals surface area (Å²) in [5.74, 6) is 0.644. The number of hydrogen-bond donors (Lipinski definition) is 2. The lowest BCUT2D eigenvalue weighted by Gasteiger charge is -2.23. The second-order valence-corrected chi connectivity index (χ2v) is 5.65. The van der Waals surface area contributed by atoms with Gasteiger partial charge in [0.2, 0.25) is 0 Å². The summed E-state index contributed by atoms with van der Waals surface area (Å²) in [6, 6.07) is 5.73. The molecule has 1 aliphatic carbocycles. The zero-order valence-electron chi connectivity index (χ0n) is 12.0. The number of aliphatic hydroxyl groups excluding tert-OH is 1. The van der Waals surface area contributed by atoms with Gasteiger partial charge in [-0.15, -0.1) is 0 Å². The van der Waals surface area contributed by atoms with Crippen molar-refractivity contribution in [1.82, 2.24) is 5.32 Å². The molecule has 1 saturated carbocycles. The van der Waals surface area contributed by atoms with E-state index >= 15 is 0 Å². The molecule has 0 radical (unpaired) electrons. The Hall–Kier alpha value is -1.46. The molecule has 0 aliphatic heterocycles. The van der Waals surface area contributed by atoms with Crippen molar-refractivity contribution in [3.05, 3.63) is 39.4 Å². The summed E-state index contributed by atoms with van der Waals surface area (Å²) in [6.45, 7) is 3.94. The highest BCUT2D eigenvalue weighted by atomic mass is 16.6. The molecule has 5 nitrogen and oxygen atoms in total. The topological polar surface area (TPSA) is 75.4 Å². The highest BCUT2D eigenvalue weighted by Gasteiger charge is 2.31. The first kappa shape index (κ1) is 14.9. The molecule has 2 N–H and O–H groups in total. The fourth-order valence-corrected chi connectivity index (χ4v) is 2.60. The van der Waals surface area contributed by atoms with E-state index in [1.54, 1.807) is 19.1 Å². The number of nitro benzene ring substituents is 1. The molecule has 1 aromatic rings. The average molecular weight is 278 g/mol. The minimum absolute atomic E-state index is 0.0476. The van der Waals surface area contributed by atoms with E-state index < -0.39 is 0 Å². The Kier molecular flexibility index (Phi) is 4.73. The zero-order chi connectivity index (χ0) is 14.7. The Morgan fingerprint density at radius 3 is 2.75 bits per heavy atom. The Labute approximate surface area is 119 Å². The molecule has 110 valence electrons. The van der Waals surface area contributed by atoms with Crippen LogP contribution in [0.4, 0.5) is 5.69 Å². The molecule has 1 aromatic carbocycles. The van der Waals surface area contributed by atoms with Crippen LogP contribution in [0.3, 0.4) is 0 Å². The second-order valence-electron chi connectivity index (χ2n) is 5.65. The molecule has 2 unspecified atom stereocenters. The first-order chi connectivity index (χ1) is 9.52. The van der Waals surface area contributed by atoms with Crippen molar-refractivity contribution >= 4 is 5.69 Å². The first-order valence-electron chi connectivity index (χ1n) is 7.14. The van der Waals surface area contributed by atoms with E-state index in [1.807, 2.05) is 13.0 Å². The van der Waals surface area contributed by atoms with Crippen molar-refractivity contribution < 1.29 is 10.0 Å². The van der Waals surface area contributed by atoms with Crippen molar-refractivity contribution in [3.63, 3.8) is 0 Å². The number of nitro groups is 1. The van der Waals surface area contributed by atoms with E-state index in [0.717, 1.165) is 12.0 Å². The van der Waals surface area contributed by atoms with Crippen LogP contribution in [0.2, 0.25) is 0 Å². The van der Waals surface area contributed by atoms with Crippen LogP contribution in [0.1, 0.15) is 43.4 Å². The maximum absolute atomic E-state index is 11.0. The van der Waals surface area contributed by atoms with Gasteiger partial charge in [-0.3, -0.25) is 10.1 Å². The van der Waals surface area contributed by atoms with Gasteiger partial charge in [0.15, 0.2) is 0 Å². The lowest BCUT2D eigenvalue weighted by molar-refractivity contribution is -0.385. The van der Waals surface area contributed by atoms with Crippen LogP contribution < -0.4 is 5.32 Å². The predicted octanol–water partition coefficient (Wildman–Crippen LogP) is 2.71. The monoisotopic (exact) mass is 278 g/mol. The van der Waals surface area contributed by atoms with E-state index in [9.17, 15) is 10.1 Å². The molecular formula is C15H22N2O3. The fraction of sp³-hybridized carbons (Fsp3) is 0.600. The van der Waals surface area contributed by atoms with Crippen LogP contribution in [0.25, 0.3) is 0 Å². The molecule has 5 heteroatoms. The number of hydrogen-bond acceptors (Lipinski definition) is 4. The molecule has 1 fully saturated rings. The molecule has 0 bridgehead atoms. The Bertz CT molecular complexity index is 486. The van der Waals surface area contributed by atoms with Gasteiger partial charge in [-0.05, 0) is 44.6 Å². The number of nitrogens with one attached hydrogen (secondary N) is 1. The summed E-state index contributed by atoms with van der Waals surface area (Å²) in [5.41, 5.74) is 1.77. The van der Waals surface area contributed by atoms with Gasteiger partial charge in [-0.25, -0.2) is 0 Å². The zero-order valence-corrected chi connectivity index (χ0v) is 12.0. The predicted molar refractivity (Wildman–Crippen MR) is 77.6 cm³/mol. The van der Waals surface area contributed by atoms with Crippen molar-refractivity contribution in [1.29, 1.82) is 0 Å². The summed E-state index contributed by atoms with van der Waals surface area (Å²) in [4.78, 5) is 10.7. The molecule has 0 amide bonds. The number of nitrogens with zero attached hydrogens (tertiary/aromatic N) is 1. The summed E-state index contributed by atoms with van der Waals surface area (Å²) in [7, 11) is 0. The molecule has 0 saturated heterocycles. The smallest absolute Gasteiger partial charge is 0.272 e. The van der Waals surface area contributed by atoms with E-state index in [0.29, 0.717) is 17.5 Å². The van der Waals surface area contributed by atoms with Crippen LogP contribution >= 0.6 is 0 Å². The van der Waals surface area contributed by atoms with Crippen LogP contribution in [-0.2, 0) is 0 Å². The summed E-state index contributed by atoms with van der Waals surface area (Å²) in [6.07, 6.45) is 3.15. The number of benzene rings is 1. The second kappa shape index (κ2) is 6.33. The van der Waals surface area contributed by atoms with Gasteiger partial charge < -0.3 is 10.4 Å². The number of aryl methyl sites for hydroxylation is 1.